The standard InChI is InChI=1S/C8H14F3NO2/c1-7(5-13-6-7)4-12-2-3-14-8(9,10)11/h12H,2-6H2,1H3. The normalized spacial score (nSPS) is 20.6. The lowest BCUT2D eigenvalue weighted by Crippen LogP contribution is -2.47. The highest BCUT2D eigenvalue weighted by molar-refractivity contribution is 4.82. The number of nitrogens with one attached hydrogen (secondary N) is 1. The third-order valence-electron chi connectivity index (χ3n) is 2.00. The van der Waals surface area contributed by atoms with Gasteiger partial charge in [0.2, 0.25) is 0 Å². The molecule has 1 saturated heterocycles. The van der Waals surface area contributed by atoms with Gasteiger partial charge >= 0.3 is 6.36 Å². The second-order valence-electron chi connectivity index (χ2n) is 3.77. The summed E-state index contributed by atoms with van der Waals surface area (Å²) < 4.78 is 43.2. The van der Waals surface area contributed by atoms with Crippen LogP contribution in [0, 0.1) is 5.41 Å². The van der Waals surface area contributed by atoms with Gasteiger partial charge in [0.05, 0.1) is 19.8 Å². The number of ether oxygens (including phenoxy) is 2. The van der Waals surface area contributed by atoms with Gasteiger partial charge in [-0.1, -0.05) is 6.92 Å². The summed E-state index contributed by atoms with van der Waals surface area (Å²) >= 11 is 0. The maximum atomic E-state index is 11.5. The number of rotatable bonds is 5. The molecule has 0 atom stereocenters. The van der Waals surface area contributed by atoms with Crippen LogP contribution in [0.5, 0.6) is 0 Å². The maximum absolute atomic E-state index is 11.5. The number of hydrogen-bond donors (Lipinski definition) is 1. The first-order valence-electron chi connectivity index (χ1n) is 4.40. The molecule has 14 heavy (non-hydrogen) atoms. The summed E-state index contributed by atoms with van der Waals surface area (Å²) in [5, 5.41) is 2.90. The molecule has 1 aliphatic heterocycles. The van der Waals surface area contributed by atoms with Crippen molar-refractivity contribution in [1.82, 2.24) is 5.32 Å². The van der Waals surface area contributed by atoms with E-state index in [2.05, 4.69) is 10.1 Å². The van der Waals surface area contributed by atoms with Crippen LogP contribution in [-0.4, -0.2) is 39.3 Å². The Balaban J connectivity index is 1.94. The summed E-state index contributed by atoms with van der Waals surface area (Å²) in [5.74, 6) is 0. The van der Waals surface area contributed by atoms with Gasteiger partial charge in [0, 0.05) is 18.5 Å². The van der Waals surface area contributed by atoms with E-state index in [-0.39, 0.29) is 18.6 Å². The molecule has 0 spiro atoms. The molecule has 1 N–H and O–H groups in total. The van der Waals surface area contributed by atoms with E-state index in [0.717, 1.165) is 0 Å². The molecule has 0 saturated carbocycles. The Kier molecular flexibility index (Phi) is 3.74. The Bertz CT molecular complexity index is 180. The zero-order valence-corrected chi connectivity index (χ0v) is 7.99. The van der Waals surface area contributed by atoms with Crippen molar-refractivity contribution in [3.8, 4) is 0 Å². The molecule has 0 radical (unpaired) electrons. The minimum absolute atomic E-state index is 0.0816. The van der Waals surface area contributed by atoms with E-state index in [1.807, 2.05) is 6.92 Å². The molecule has 0 aromatic carbocycles. The van der Waals surface area contributed by atoms with E-state index in [1.54, 1.807) is 0 Å². The Labute approximate surface area is 80.6 Å². The molecule has 0 amide bonds. The summed E-state index contributed by atoms with van der Waals surface area (Å²) in [6.07, 6.45) is -4.52. The van der Waals surface area contributed by atoms with Gasteiger partial charge in [0.25, 0.3) is 0 Å². The van der Waals surface area contributed by atoms with Gasteiger partial charge in [-0.2, -0.15) is 0 Å². The molecule has 3 nitrogen and oxygen atoms in total. The van der Waals surface area contributed by atoms with Crippen molar-refractivity contribution in [2.45, 2.75) is 13.3 Å². The summed E-state index contributed by atoms with van der Waals surface area (Å²) in [4.78, 5) is 0. The van der Waals surface area contributed by atoms with Crippen LogP contribution in [0.25, 0.3) is 0 Å². The van der Waals surface area contributed by atoms with Crippen molar-refractivity contribution in [3.63, 3.8) is 0 Å². The fraction of sp³-hybridized carbons (Fsp3) is 1.00. The van der Waals surface area contributed by atoms with Crippen LogP contribution in [0.2, 0.25) is 0 Å². The molecule has 84 valence electrons. The fourth-order valence-electron chi connectivity index (χ4n) is 1.18. The van der Waals surface area contributed by atoms with E-state index < -0.39 is 6.36 Å². The second-order valence-corrected chi connectivity index (χ2v) is 3.77. The zero-order chi connectivity index (χ0) is 10.7. The Hall–Kier alpha value is -0.330. The molecule has 1 rings (SSSR count). The predicted molar refractivity (Wildman–Crippen MR) is 43.8 cm³/mol. The Morgan fingerprint density at radius 2 is 2.07 bits per heavy atom. The van der Waals surface area contributed by atoms with Gasteiger partial charge in [-0.05, 0) is 0 Å². The minimum atomic E-state index is -4.52. The van der Waals surface area contributed by atoms with Crippen LogP contribution in [0.3, 0.4) is 0 Å². The monoisotopic (exact) mass is 213 g/mol. The lowest BCUT2D eigenvalue weighted by Gasteiger charge is -2.38. The van der Waals surface area contributed by atoms with Crippen LogP contribution in [0.1, 0.15) is 6.92 Å². The van der Waals surface area contributed by atoms with E-state index in [4.69, 9.17) is 4.74 Å². The van der Waals surface area contributed by atoms with Crippen LogP contribution in [0.15, 0.2) is 0 Å². The van der Waals surface area contributed by atoms with Crippen molar-refractivity contribution in [3.05, 3.63) is 0 Å². The van der Waals surface area contributed by atoms with E-state index >= 15 is 0 Å². The highest BCUT2D eigenvalue weighted by Gasteiger charge is 2.33. The van der Waals surface area contributed by atoms with Crippen molar-refractivity contribution >= 4 is 0 Å². The SMILES string of the molecule is CC1(CNCCOC(F)(F)F)COC1. The summed E-state index contributed by atoms with van der Waals surface area (Å²) in [6, 6.07) is 0. The van der Waals surface area contributed by atoms with Crippen LogP contribution in [0.4, 0.5) is 13.2 Å². The molecule has 1 heterocycles. The van der Waals surface area contributed by atoms with E-state index in [0.29, 0.717) is 19.8 Å². The first-order chi connectivity index (χ1) is 6.41. The largest absolute Gasteiger partial charge is 0.522 e. The third-order valence-corrected chi connectivity index (χ3v) is 2.00. The van der Waals surface area contributed by atoms with Gasteiger partial charge in [-0.25, -0.2) is 0 Å². The van der Waals surface area contributed by atoms with Gasteiger partial charge < -0.3 is 10.1 Å². The highest BCUT2D eigenvalue weighted by atomic mass is 19.4. The summed E-state index contributed by atoms with van der Waals surface area (Å²) in [6.45, 7) is 3.87. The van der Waals surface area contributed by atoms with Gasteiger partial charge in [0.1, 0.15) is 0 Å². The topological polar surface area (TPSA) is 30.5 Å². The Morgan fingerprint density at radius 1 is 1.43 bits per heavy atom. The number of alkyl halides is 3. The van der Waals surface area contributed by atoms with Crippen molar-refractivity contribution < 1.29 is 22.6 Å². The lowest BCUT2D eigenvalue weighted by molar-refractivity contribution is -0.323. The van der Waals surface area contributed by atoms with Crippen LogP contribution < -0.4 is 5.32 Å². The molecule has 0 unspecified atom stereocenters. The molecule has 0 aromatic rings. The van der Waals surface area contributed by atoms with Crippen molar-refractivity contribution in [2.75, 3.05) is 32.9 Å². The molecule has 6 heteroatoms. The molecule has 0 aromatic heterocycles. The van der Waals surface area contributed by atoms with Gasteiger partial charge in [0.15, 0.2) is 0 Å². The predicted octanol–water partition coefficient (Wildman–Crippen LogP) is 1.15. The zero-order valence-electron chi connectivity index (χ0n) is 7.99. The quantitative estimate of drug-likeness (QED) is 0.695. The minimum Gasteiger partial charge on any atom is -0.380 e. The van der Waals surface area contributed by atoms with Crippen LogP contribution in [-0.2, 0) is 9.47 Å². The van der Waals surface area contributed by atoms with E-state index in [9.17, 15) is 13.2 Å². The third kappa shape index (κ3) is 4.26. The maximum Gasteiger partial charge on any atom is 0.522 e. The average molecular weight is 213 g/mol. The number of halogens is 3. The highest BCUT2D eigenvalue weighted by Crippen LogP contribution is 2.24. The fourth-order valence-corrected chi connectivity index (χ4v) is 1.18. The van der Waals surface area contributed by atoms with Crippen molar-refractivity contribution in [2.24, 2.45) is 5.41 Å². The molecule has 1 aliphatic rings. The number of hydrogen-bond acceptors (Lipinski definition) is 3. The lowest BCUT2D eigenvalue weighted by atomic mass is 9.89. The summed E-state index contributed by atoms with van der Waals surface area (Å²) in [5.41, 5.74) is 0.0816. The Morgan fingerprint density at radius 3 is 2.50 bits per heavy atom. The molecular weight excluding hydrogens is 199 g/mol. The van der Waals surface area contributed by atoms with Crippen molar-refractivity contribution in [1.29, 1.82) is 0 Å². The summed E-state index contributed by atoms with van der Waals surface area (Å²) in [7, 11) is 0. The molecule has 1 fully saturated rings. The van der Waals surface area contributed by atoms with Gasteiger partial charge in [-0.3, -0.25) is 4.74 Å². The average Bonchev–Trinajstić information content (AvgIpc) is 1.98. The molecular formula is C8H14F3NO2. The smallest absolute Gasteiger partial charge is 0.380 e. The first-order valence-corrected chi connectivity index (χ1v) is 4.40. The second kappa shape index (κ2) is 4.46. The van der Waals surface area contributed by atoms with Crippen LogP contribution >= 0.6 is 0 Å². The van der Waals surface area contributed by atoms with Gasteiger partial charge in [-0.15, -0.1) is 13.2 Å². The van der Waals surface area contributed by atoms with E-state index in [1.165, 1.54) is 0 Å². The molecule has 0 aliphatic carbocycles. The first kappa shape index (κ1) is 11.7. The molecule has 0 bridgehead atoms.